The number of methoxy groups -OCH3 is 1. The summed E-state index contributed by atoms with van der Waals surface area (Å²) in [5, 5.41) is 3.89. The molecule has 1 rings (SSSR count). The first kappa shape index (κ1) is 16.2. The highest BCUT2D eigenvalue weighted by molar-refractivity contribution is 6.31. The zero-order valence-corrected chi connectivity index (χ0v) is 12.9. The van der Waals surface area contributed by atoms with Crippen LogP contribution in [0.4, 0.5) is 0 Å². The Morgan fingerprint density at radius 2 is 2.16 bits per heavy atom. The maximum atomic E-state index is 6.08. The monoisotopic (exact) mass is 286 g/mol. The lowest BCUT2D eigenvalue weighted by Gasteiger charge is -2.22. The summed E-state index contributed by atoms with van der Waals surface area (Å²) in [5.41, 5.74) is 0.818. The Hall–Kier alpha value is -0.840. The number of aromatic nitrogens is 1. The minimum atomic E-state index is -0.182. The van der Waals surface area contributed by atoms with Gasteiger partial charge in [0.15, 0.2) is 0 Å². The van der Waals surface area contributed by atoms with Crippen molar-refractivity contribution in [2.45, 2.75) is 39.3 Å². The zero-order valence-electron chi connectivity index (χ0n) is 12.1. The third-order valence-corrected chi connectivity index (χ3v) is 3.32. The number of pyridine rings is 1. The second-order valence-corrected chi connectivity index (χ2v) is 5.36. The average Bonchev–Trinajstić information content (AvgIpc) is 2.39. The molecule has 0 atom stereocenters. The lowest BCUT2D eigenvalue weighted by atomic mass is 10.1. The third-order valence-electron chi connectivity index (χ3n) is 2.98. The molecule has 0 aliphatic carbocycles. The van der Waals surface area contributed by atoms with Crippen molar-refractivity contribution in [1.82, 2.24) is 10.3 Å². The largest absolute Gasteiger partial charge is 0.478 e. The first-order valence-electron chi connectivity index (χ1n) is 6.51. The summed E-state index contributed by atoms with van der Waals surface area (Å²) in [4.78, 5) is 4.17. The first-order chi connectivity index (χ1) is 8.98. The Labute approximate surface area is 120 Å². The summed E-state index contributed by atoms with van der Waals surface area (Å²) < 4.78 is 11.0. The minimum Gasteiger partial charge on any atom is -0.478 e. The van der Waals surface area contributed by atoms with E-state index in [0.717, 1.165) is 25.1 Å². The van der Waals surface area contributed by atoms with Gasteiger partial charge in [0, 0.05) is 32.3 Å². The lowest BCUT2D eigenvalue weighted by molar-refractivity contribution is 0.00508. The van der Waals surface area contributed by atoms with Gasteiger partial charge in [0.1, 0.15) is 0 Å². The molecular formula is C14H23ClN2O2. The molecule has 0 saturated carbocycles. The van der Waals surface area contributed by atoms with Crippen molar-refractivity contribution in [2.75, 3.05) is 20.3 Å². The summed E-state index contributed by atoms with van der Waals surface area (Å²) in [6.07, 6.45) is 2.43. The SMILES string of the molecule is CCNCc1cc(OCCC(C)(C)OC)ncc1Cl. The molecule has 0 aliphatic heterocycles. The van der Waals surface area contributed by atoms with Crippen LogP contribution >= 0.6 is 11.6 Å². The topological polar surface area (TPSA) is 43.4 Å². The molecule has 0 radical (unpaired) electrons. The second kappa shape index (κ2) is 7.68. The van der Waals surface area contributed by atoms with E-state index in [-0.39, 0.29) is 5.60 Å². The normalized spacial score (nSPS) is 11.6. The molecule has 0 unspecified atom stereocenters. The van der Waals surface area contributed by atoms with Crippen molar-refractivity contribution >= 4 is 11.6 Å². The number of halogens is 1. The van der Waals surface area contributed by atoms with Crippen molar-refractivity contribution < 1.29 is 9.47 Å². The van der Waals surface area contributed by atoms with Crippen LogP contribution in [0, 0.1) is 0 Å². The highest BCUT2D eigenvalue weighted by Crippen LogP contribution is 2.20. The van der Waals surface area contributed by atoms with Crippen LogP contribution in [0.5, 0.6) is 5.88 Å². The number of nitrogens with zero attached hydrogens (tertiary/aromatic N) is 1. The second-order valence-electron chi connectivity index (χ2n) is 4.96. The van der Waals surface area contributed by atoms with Gasteiger partial charge in [0.05, 0.1) is 17.2 Å². The number of ether oxygens (including phenoxy) is 2. The zero-order chi connectivity index (χ0) is 14.3. The van der Waals surface area contributed by atoms with Crippen LogP contribution in [0.15, 0.2) is 12.3 Å². The summed E-state index contributed by atoms with van der Waals surface area (Å²) in [6, 6.07) is 1.88. The Morgan fingerprint density at radius 3 is 2.79 bits per heavy atom. The van der Waals surface area contributed by atoms with Gasteiger partial charge < -0.3 is 14.8 Å². The van der Waals surface area contributed by atoms with E-state index in [4.69, 9.17) is 21.1 Å². The Morgan fingerprint density at radius 1 is 1.42 bits per heavy atom. The molecule has 0 saturated heterocycles. The fourth-order valence-corrected chi connectivity index (χ4v) is 1.61. The fraction of sp³-hybridized carbons (Fsp3) is 0.643. The molecule has 0 aliphatic rings. The van der Waals surface area contributed by atoms with Crippen LogP contribution in [0.1, 0.15) is 32.8 Å². The third kappa shape index (κ3) is 5.76. The Kier molecular flexibility index (Phi) is 6.55. The molecular weight excluding hydrogens is 264 g/mol. The van der Waals surface area contributed by atoms with E-state index in [0.29, 0.717) is 17.5 Å². The van der Waals surface area contributed by atoms with Gasteiger partial charge in [-0.05, 0) is 26.0 Å². The minimum absolute atomic E-state index is 0.182. The number of hydrogen-bond acceptors (Lipinski definition) is 4. The predicted molar refractivity (Wildman–Crippen MR) is 77.8 cm³/mol. The van der Waals surface area contributed by atoms with Crippen molar-refractivity contribution in [1.29, 1.82) is 0 Å². The van der Waals surface area contributed by atoms with E-state index in [2.05, 4.69) is 17.2 Å². The van der Waals surface area contributed by atoms with Gasteiger partial charge in [0.25, 0.3) is 0 Å². The van der Waals surface area contributed by atoms with Gasteiger partial charge in [-0.25, -0.2) is 4.98 Å². The van der Waals surface area contributed by atoms with E-state index in [9.17, 15) is 0 Å². The van der Waals surface area contributed by atoms with E-state index in [1.807, 2.05) is 19.9 Å². The molecule has 4 nitrogen and oxygen atoms in total. The van der Waals surface area contributed by atoms with Crippen LogP contribution in [0.25, 0.3) is 0 Å². The highest BCUT2D eigenvalue weighted by atomic mass is 35.5. The van der Waals surface area contributed by atoms with Crippen LogP contribution < -0.4 is 10.1 Å². The molecule has 19 heavy (non-hydrogen) atoms. The molecule has 108 valence electrons. The fourth-order valence-electron chi connectivity index (χ4n) is 1.44. The standard InChI is InChI=1S/C14H23ClN2O2/c1-5-16-9-11-8-13(17-10-12(11)15)19-7-6-14(2,3)18-4/h8,10,16H,5-7,9H2,1-4H3. The van der Waals surface area contributed by atoms with Gasteiger partial charge in [-0.3, -0.25) is 0 Å². The summed E-state index contributed by atoms with van der Waals surface area (Å²) in [6.45, 7) is 8.30. The van der Waals surface area contributed by atoms with Crippen molar-refractivity contribution in [2.24, 2.45) is 0 Å². The number of rotatable bonds is 8. The van der Waals surface area contributed by atoms with Gasteiger partial charge in [0.2, 0.25) is 5.88 Å². The molecule has 1 heterocycles. The quantitative estimate of drug-likeness (QED) is 0.798. The highest BCUT2D eigenvalue weighted by Gasteiger charge is 2.16. The van der Waals surface area contributed by atoms with Crippen molar-refractivity contribution in [3.05, 3.63) is 22.8 Å². The van der Waals surface area contributed by atoms with Crippen LogP contribution in [0.2, 0.25) is 5.02 Å². The average molecular weight is 287 g/mol. The van der Waals surface area contributed by atoms with E-state index < -0.39 is 0 Å². The lowest BCUT2D eigenvalue weighted by Crippen LogP contribution is -2.25. The molecule has 1 N–H and O–H groups in total. The van der Waals surface area contributed by atoms with Gasteiger partial charge in [-0.1, -0.05) is 18.5 Å². The Bertz CT molecular complexity index is 397. The maximum absolute atomic E-state index is 6.08. The predicted octanol–water partition coefficient (Wildman–Crippen LogP) is 3.04. The molecule has 0 spiro atoms. The molecule has 0 fully saturated rings. The number of nitrogens with one attached hydrogen (secondary N) is 1. The van der Waals surface area contributed by atoms with E-state index in [1.54, 1.807) is 13.3 Å². The Balaban J connectivity index is 2.54. The summed E-state index contributed by atoms with van der Waals surface area (Å²) in [7, 11) is 1.70. The molecule has 0 bridgehead atoms. The van der Waals surface area contributed by atoms with Crippen LogP contribution in [0.3, 0.4) is 0 Å². The van der Waals surface area contributed by atoms with E-state index in [1.165, 1.54) is 0 Å². The van der Waals surface area contributed by atoms with Crippen LogP contribution in [-0.4, -0.2) is 30.8 Å². The molecule has 5 heteroatoms. The summed E-state index contributed by atoms with van der Waals surface area (Å²) >= 11 is 6.08. The van der Waals surface area contributed by atoms with Crippen molar-refractivity contribution in [3.63, 3.8) is 0 Å². The van der Waals surface area contributed by atoms with E-state index >= 15 is 0 Å². The van der Waals surface area contributed by atoms with Gasteiger partial charge >= 0.3 is 0 Å². The molecule has 0 amide bonds. The molecule has 0 aromatic carbocycles. The number of hydrogen-bond donors (Lipinski definition) is 1. The van der Waals surface area contributed by atoms with Gasteiger partial charge in [-0.2, -0.15) is 0 Å². The first-order valence-corrected chi connectivity index (χ1v) is 6.89. The molecule has 1 aromatic rings. The summed E-state index contributed by atoms with van der Waals surface area (Å²) in [5.74, 6) is 0.601. The van der Waals surface area contributed by atoms with Gasteiger partial charge in [-0.15, -0.1) is 0 Å². The van der Waals surface area contributed by atoms with Crippen molar-refractivity contribution in [3.8, 4) is 5.88 Å². The maximum Gasteiger partial charge on any atom is 0.213 e. The smallest absolute Gasteiger partial charge is 0.213 e. The molecule has 1 aromatic heterocycles. The van der Waals surface area contributed by atoms with Crippen LogP contribution in [-0.2, 0) is 11.3 Å².